The van der Waals surface area contributed by atoms with Crippen molar-refractivity contribution in [3.05, 3.63) is 66.4 Å². The number of phenols is 1. The predicted octanol–water partition coefficient (Wildman–Crippen LogP) is 9.93. The number of halogens is 8. The van der Waals surface area contributed by atoms with Gasteiger partial charge in [0.1, 0.15) is 14.7 Å². The van der Waals surface area contributed by atoms with E-state index >= 15 is 0 Å². The molecular formula is C19H4Br4Cl4O3. The third kappa shape index (κ3) is 3.54. The van der Waals surface area contributed by atoms with Crippen molar-refractivity contribution >= 4 is 121 Å². The minimum Gasteiger partial charge on any atom is -0.505 e. The van der Waals surface area contributed by atoms with Crippen LogP contribution in [0.15, 0.2) is 45.3 Å². The molecule has 11 heteroatoms. The first kappa shape index (κ1) is 23.2. The van der Waals surface area contributed by atoms with Crippen LogP contribution in [0.1, 0.15) is 0 Å². The van der Waals surface area contributed by atoms with Crippen LogP contribution < -0.4 is 5.43 Å². The van der Waals surface area contributed by atoms with Gasteiger partial charge in [-0.1, -0.05) is 46.4 Å². The molecule has 1 heterocycles. The van der Waals surface area contributed by atoms with E-state index in [1.165, 1.54) is 0 Å². The van der Waals surface area contributed by atoms with Crippen LogP contribution in [-0.2, 0) is 0 Å². The number of rotatable bonds is 1. The van der Waals surface area contributed by atoms with Gasteiger partial charge in [-0.3, -0.25) is 4.79 Å². The largest absolute Gasteiger partial charge is 0.505 e. The van der Waals surface area contributed by atoms with Gasteiger partial charge in [-0.2, -0.15) is 0 Å². The van der Waals surface area contributed by atoms with Crippen molar-refractivity contribution in [2.24, 2.45) is 0 Å². The minimum absolute atomic E-state index is 0.0644. The Labute approximate surface area is 223 Å². The van der Waals surface area contributed by atoms with E-state index in [4.69, 9.17) is 50.8 Å². The molecule has 0 atom stereocenters. The molecule has 0 unspecified atom stereocenters. The molecular weight excluding hydrogens is 738 g/mol. The summed E-state index contributed by atoms with van der Waals surface area (Å²) in [6, 6.07) is 4.89. The summed E-state index contributed by atoms with van der Waals surface area (Å²) in [4.78, 5) is 12.5. The Morgan fingerprint density at radius 2 is 1.47 bits per heavy atom. The fraction of sp³-hybridized carbons (Fsp3) is 0. The summed E-state index contributed by atoms with van der Waals surface area (Å²) < 4.78 is 7.26. The SMILES string of the molecule is O=c1c(Br)cc2c(-c3cc(Cl)c(Cl)c(Cl)c3Cl)c3cc(Br)c(O)c(Br)c3oc-2c1Br. The lowest BCUT2D eigenvalue weighted by Crippen LogP contribution is -2.06. The van der Waals surface area contributed by atoms with Gasteiger partial charge in [-0.25, -0.2) is 0 Å². The van der Waals surface area contributed by atoms with Crippen LogP contribution in [0, 0.1) is 0 Å². The molecule has 0 spiro atoms. The minimum atomic E-state index is -0.299. The van der Waals surface area contributed by atoms with Crippen LogP contribution in [0.25, 0.3) is 33.4 Å². The summed E-state index contributed by atoms with van der Waals surface area (Å²) in [5.41, 5.74) is 1.61. The molecule has 4 rings (SSSR count). The lowest BCUT2D eigenvalue weighted by atomic mass is 9.93. The van der Waals surface area contributed by atoms with Crippen molar-refractivity contribution in [1.82, 2.24) is 0 Å². The zero-order valence-corrected chi connectivity index (χ0v) is 23.4. The Bertz CT molecular complexity index is 1420. The fourth-order valence-corrected chi connectivity index (χ4v) is 6.34. The van der Waals surface area contributed by atoms with Crippen molar-refractivity contribution in [2.75, 3.05) is 0 Å². The van der Waals surface area contributed by atoms with Gasteiger partial charge in [-0.15, -0.1) is 0 Å². The third-order valence-electron chi connectivity index (χ3n) is 4.40. The van der Waals surface area contributed by atoms with E-state index in [0.29, 0.717) is 41.1 Å². The molecule has 2 aromatic rings. The van der Waals surface area contributed by atoms with Crippen LogP contribution in [0.3, 0.4) is 0 Å². The molecule has 0 radical (unpaired) electrons. The first-order chi connectivity index (χ1) is 14.0. The van der Waals surface area contributed by atoms with Gasteiger partial charge in [0.2, 0.25) is 5.43 Å². The topological polar surface area (TPSA) is 50.4 Å². The fourth-order valence-electron chi connectivity index (χ4n) is 3.04. The van der Waals surface area contributed by atoms with Gasteiger partial charge in [0.25, 0.3) is 0 Å². The summed E-state index contributed by atoms with van der Waals surface area (Å²) >= 11 is 38.6. The van der Waals surface area contributed by atoms with Gasteiger partial charge in [0.05, 0.1) is 29.0 Å². The Hall–Kier alpha value is 0.01000. The first-order valence-electron chi connectivity index (χ1n) is 7.83. The lowest BCUT2D eigenvalue weighted by Gasteiger charge is -2.20. The lowest BCUT2D eigenvalue weighted by molar-refractivity contribution is 0.467. The van der Waals surface area contributed by atoms with Crippen molar-refractivity contribution in [2.45, 2.75) is 0 Å². The highest BCUT2D eigenvalue weighted by Gasteiger charge is 2.27. The van der Waals surface area contributed by atoms with Gasteiger partial charge >= 0.3 is 0 Å². The quantitative estimate of drug-likeness (QED) is 0.120. The molecule has 2 aliphatic rings. The van der Waals surface area contributed by atoms with Crippen molar-refractivity contribution in [3.8, 4) is 28.2 Å². The normalized spacial score (nSPS) is 11.6. The van der Waals surface area contributed by atoms with Gasteiger partial charge < -0.3 is 9.52 Å². The number of aromatic hydroxyl groups is 1. The molecule has 154 valence electrons. The average Bonchev–Trinajstić information content (AvgIpc) is 2.71. The molecule has 2 aromatic carbocycles. The van der Waals surface area contributed by atoms with Crippen LogP contribution in [-0.4, -0.2) is 5.11 Å². The predicted molar refractivity (Wildman–Crippen MR) is 137 cm³/mol. The zero-order valence-electron chi connectivity index (χ0n) is 14.0. The number of fused-ring (bicyclic) bond motifs is 2. The van der Waals surface area contributed by atoms with Crippen LogP contribution in [0.2, 0.25) is 20.1 Å². The van der Waals surface area contributed by atoms with E-state index in [2.05, 4.69) is 63.7 Å². The smallest absolute Gasteiger partial charge is 0.210 e. The van der Waals surface area contributed by atoms with E-state index in [-0.39, 0.29) is 41.5 Å². The summed E-state index contributed by atoms with van der Waals surface area (Å²) in [6.45, 7) is 0. The zero-order chi connectivity index (χ0) is 22.1. The molecule has 0 amide bonds. The van der Waals surface area contributed by atoms with E-state index in [0.717, 1.165) is 0 Å². The van der Waals surface area contributed by atoms with Crippen LogP contribution in [0.5, 0.6) is 5.75 Å². The van der Waals surface area contributed by atoms with Gasteiger partial charge in [0, 0.05) is 22.1 Å². The second-order valence-corrected chi connectivity index (χ2v) is 10.9. The van der Waals surface area contributed by atoms with Crippen molar-refractivity contribution < 1.29 is 9.52 Å². The summed E-state index contributed by atoms with van der Waals surface area (Å²) in [5, 5.41) is 11.6. The molecule has 0 aromatic heterocycles. The highest BCUT2D eigenvalue weighted by Crippen LogP contribution is 2.52. The molecule has 0 saturated carbocycles. The second kappa shape index (κ2) is 8.41. The van der Waals surface area contributed by atoms with Gasteiger partial charge in [-0.05, 0) is 81.9 Å². The maximum absolute atomic E-state index is 12.5. The maximum atomic E-state index is 12.5. The molecule has 1 aliphatic carbocycles. The average molecular weight is 742 g/mol. The van der Waals surface area contributed by atoms with Gasteiger partial charge in [0.15, 0.2) is 11.3 Å². The highest BCUT2D eigenvalue weighted by molar-refractivity contribution is 9.11. The van der Waals surface area contributed by atoms with Crippen molar-refractivity contribution in [3.63, 3.8) is 0 Å². The van der Waals surface area contributed by atoms with E-state index in [9.17, 15) is 9.90 Å². The maximum Gasteiger partial charge on any atom is 0.210 e. The first-order valence-corrected chi connectivity index (χ1v) is 12.5. The number of benzene rings is 3. The summed E-state index contributed by atoms with van der Waals surface area (Å²) in [6.07, 6.45) is 0. The Morgan fingerprint density at radius 1 is 0.800 bits per heavy atom. The summed E-state index contributed by atoms with van der Waals surface area (Å²) in [7, 11) is 0. The summed E-state index contributed by atoms with van der Waals surface area (Å²) in [5.74, 6) is 0.191. The molecule has 30 heavy (non-hydrogen) atoms. The Morgan fingerprint density at radius 3 is 2.13 bits per heavy atom. The van der Waals surface area contributed by atoms with E-state index in [1.54, 1.807) is 18.2 Å². The molecule has 1 N–H and O–H groups in total. The van der Waals surface area contributed by atoms with E-state index in [1.807, 2.05) is 0 Å². The standard InChI is InChI=1S/C19H4Br4Cl4O3/c20-7-1-5-10(4-3-9(24)14(26)15(27)13(4)25)6-2-8(21)17(29)12(23)19(6)30-18(5)11(22)16(7)28/h1-3,28H. The number of hydrogen-bond donors (Lipinski definition) is 1. The second-order valence-electron chi connectivity index (χ2n) is 6.10. The molecule has 0 fully saturated rings. The van der Waals surface area contributed by atoms with Crippen LogP contribution >= 0.6 is 110 Å². The van der Waals surface area contributed by atoms with Crippen LogP contribution in [0.4, 0.5) is 0 Å². The molecule has 1 aliphatic heterocycles. The van der Waals surface area contributed by atoms with E-state index < -0.39 is 0 Å². The highest BCUT2D eigenvalue weighted by atomic mass is 79.9. The molecule has 3 nitrogen and oxygen atoms in total. The number of phenolic OH excluding ortho intramolecular Hbond substituents is 1. The Kier molecular flexibility index (Phi) is 6.50. The Balaban J connectivity index is 2.35. The van der Waals surface area contributed by atoms with Crippen molar-refractivity contribution in [1.29, 1.82) is 0 Å². The third-order valence-corrected chi connectivity index (χ3v) is 8.80. The molecule has 0 bridgehead atoms. The monoisotopic (exact) mass is 736 g/mol. The molecule has 0 saturated heterocycles. The number of hydrogen-bond acceptors (Lipinski definition) is 3.